The molecule has 17 heavy (non-hydrogen) atoms. The molecule has 0 saturated carbocycles. The molecule has 1 rings (SSSR count). The first kappa shape index (κ1) is 13.7. The van der Waals surface area contributed by atoms with E-state index in [1.807, 2.05) is 25.1 Å². The molecule has 0 aliphatic rings. The minimum Gasteiger partial charge on any atom is -0.507 e. The van der Waals surface area contributed by atoms with Gasteiger partial charge in [-0.1, -0.05) is 32.9 Å². The Morgan fingerprint density at radius 1 is 1.35 bits per heavy atom. The molecule has 0 heterocycles. The van der Waals surface area contributed by atoms with E-state index in [-0.39, 0.29) is 23.8 Å². The Morgan fingerprint density at radius 2 is 2.00 bits per heavy atom. The standard InChI is InChI=1S/C14H21NO2/c1-10(9-16)15-8-11-6-5-7-12(13(11)17)14(2,3)4/h5-8,10,16-17H,9H2,1-4H3. The average molecular weight is 235 g/mol. The smallest absolute Gasteiger partial charge is 0.128 e. The van der Waals surface area contributed by atoms with Gasteiger partial charge in [-0.15, -0.1) is 0 Å². The van der Waals surface area contributed by atoms with E-state index in [4.69, 9.17) is 5.11 Å². The van der Waals surface area contributed by atoms with Gasteiger partial charge in [0.2, 0.25) is 0 Å². The van der Waals surface area contributed by atoms with Crippen molar-refractivity contribution in [2.75, 3.05) is 6.61 Å². The minimum atomic E-state index is -0.146. The van der Waals surface area contributed by atoms with Gasteiger partial charge >= 0.3 is 0 Å². The third-order valence-electron chi connectivity index (χ3n) is 2.61. The molecule has 0 spiro atoms. The highest BCUT2D eigenvalue weighted by Crippen LogP contribution is 2.32. The molecule has 0 aromatic heterocycles. The van der Waals surface area contributed by atoms with E-state index in [0.29, 0.717) is 5.56 Å². The Kier molecular flexibility index (Phi) is 4.29. The number of phenolic OH excluding ortho intramolecular Hbond substituents is 1. The highest BCUT2D eigenvalue weighted by Gasteiger charge is 2.19. The van der Waals surface area contributed by atoms with Gasteiger partial charge in [-0.2, -0.15) is 0 Å². The third kappa shape index (κ3) is 3.56. The summed E-state index contributed by atoms with van der Waals surface area (Å²) in [4.78, 5) is 4.16. The molecule has 0 aliphatic carbocycles. The fourth-order valence-electron chi connectivity index (χ4n) is 1.53. The summed E-state index contributed by atoms with van der Waals surface area (Å²) in [7, 11) is 0. The third-order valence-corrected chi connectivity index (χ3v) is 2.61. The van der Waals surface area contributed by atoms with Gasteiger partial charge < -0.3 is 10.2 Å². The largest absolute Gasteiger partial charge is 0.507 e. The zero-order valence-electron chi connectivity index (χ0n) is 10.9. The predicted molar refractivity (Wildman–Crippen MR) is 70.9 cm³/mol. The number of phenols is 1. The molecule has 1 unspecified atom stereocenters. The zero-order valence-corrected chi connectivity index (χ0v) is 10.9. The number of para-hydroxylation sites is 1. The predicted octanol–water partition coefficient (Wildman–Crippen LogP) is 2.49. The lowest BCUT2D eigenvalue weighted by atomic mass is 9.85. The van der Waals surface area contributed by atoms with Gasteiger partial charge in [0.1, 0.15) is 5.75 Å². The van der Waals surface area contributed by atoms with Gasteiger partial charge in [0.25, 0.3) is 0 Å². The van der Waals surface area contributed by atoms with Gasteiger partial charge in [0, 0.05) is 11.8 Å². The van der Waals surface area contributed by atoms with Crippen molar-refractivity contribution in [2.24, 2.45) is 4.99 Å². The lowest BCUT2D eigenvalue weighted by molar-refractivity contribution is 0.275. The van der Waals surface area contributed by atoms with E-state index in [9.17, 15) is 5.11 Å². The topological polar surface area (TPSA) is 52.8 Å². The normalized spacial score (nSPS) is 14.2. The maximum absolute atomic E-state index is 10.2. The van der Waals surface area contributed by atoms with Gasteiger partial charge in [0.15, 0.2) is 0 Å². The van der Waals surface area contributed by atoms with E-state index in [1.165, 1.54) is 0 Å². The number of aliphatic imine (C=N–C) groups is 1. The van der Waals surface area contributed by atoms with Crippen LogP contribution in [0.4, 0.5) is 0 Å². The molecule has 0 fully saturated rings. The first-order chi connectivity index (χ1) is 7.86. The highest BCUT2D eigenvalue weighted by molar-refractivity contribution is 5.84. The van der Waals surface area contributed by atoms with Crippen LogP contribution in [0.25, 0.3) is 0 Å². The van der Waals surface area contributed by atoms with E-state index in [2.05, 4.69) is 25.8 Å². The van der Waals surface area contributed by atoms with Crippen molar-refractivity contribution < 1.29 is 10.2 Å². The van der Waals surface area contributed by atoms with E-state index in [1.54, 1.807) is 6.21 Å². The van der Waals surface area contributed by atoms with Crippen molar-refractivity contribution >= 4 is 6.21 Å². The highest BCUT2D eigenvalue weighted by atomic mass is 16.3. The van der Waals surface area contributed by atoms with Crippen molar-refractivity contribution in [3.05, 3.63) is 29.3 Å². The van der Waals surface area contributed by atoms with Crippen molar-refractivity contribution in [2.45, 2.75) is 39.2 Å². The van der Waals surface area contributed by atoms with Crippen LogP contribution in [0.1, 0.15) is 38.8 Å². The van der Waals surface area contributed by atoms with E-state index in [0.717, 1.165) is 5.56 Å². The number of hydrogen-bond donors (Lipinski definition) is 2. The van der Waals surface area contributed by atoms with Crippen LogP contribution in [0, 0.1) is 0 Å². The summed E-state index contributed by atoms with van der Waals surface area (Å²) >= 11 is 0. The molecule has 1 atom stereocenters. The van der Waals surface area contributed by atoms with Crippen molar-refractivity contribution in [3.63, 3.8) is 0 Å². The quantitative estimate of drug-likeness (QED) is 0.791. The second-order valence-corrected chi connectivity index (χ2v) is 5.30. The van der Waals surface area contributed by atoms with Crippen LogP contribution in [0.3, 0.4) is 0 Å². The van der Waals surface area contributed by atoms with Gasteiger partial charge in [-0.3, -0.25) is 4.99 Å². The fourth-order valence-corrected chi connectivity index (χ4v) is 1.53. The van der Waals surface area contributed by atoms with Crippen LogP contribution in [0.15, 0.2) is 23.2 Å². The molecule has 0 amide bonds. The summed E-state index contributed by atoms with van der Waals surface area (Å²) < 4.78 is 0. The molecule has 1 aromatic rings. The van der Waals surface area contributed by atoms with Crippen LogP contribution in [0.5, 0.6) is 5.75 Å². The molecular weight excluding hydrogens is 214 g/mol. The van der Waals surface area contributed by atoms with Crippen LogP contribution in [0.2, 0.25) is 0 Å². The first-order valence-corrected chi connectivity index (χ1v) is 5.82. The SMILES string of the molecule is CC(CO)N=Cc1cccc(C(C)(C)C)c1O. The summed E-state index contributed by atoms with van der Waals surface area (Å²) in [5, 5.41) is 19.0. The number of hydrogen-bond acceptors (Lipinski definition) is 3. The number of aromatic hydroxyl groups is 1. The second-order valence-electron chi connectivity index (χ2n) is 5.30. The molecule has 0 radical (unpaired) electrons. The number of rotatable bonds is 3. The molecule has 0 bridgehead atoms. The number of aliphatic hydroxyl groups is 1. The van der Waals surface area contributed by atoms with Crippen LogP contribution in [-0.4, -0.2) is 29.1 Å². The molecule has 3 heteroatoms. The number of nitrogens with zero attached hydrogens (tertiary/aromatic N) is 1. The molecule has 0 saturated heterocycles. The Morgan fingerprint density at radius 3 is 2.53 bits per heavy atom. The maximum atomic E-state index is 10.2. The van der Waals surface area contributed by atoms with Crippen LogP contribution >= 0.6 is 0 Å². The average Bonchev–Trinajstić information content (AvgIpc) is 2.25. The molecule has 94 valence electrons. The fraction of sp³-hybridized carbons (Fsp3) is 0.500. The lowest BCUT2D eigenvalue weighted by Crippen LogP contribution is -2.12. The maximum Gasteiger partial charge on any atom is 0.128 e. The lowest BCUT2D eigenvalue weighted by Gasteiger charge is -2.21. The molecule has 1 aromatic carbocycles. The molecule has 2 N–H and O–H groups in total. The molecular formula is C14H21NO2. The van der Waals surface area contributed by atoms with E-state index < -0.39 is 0 Å². The molecule has 3 nitrogen and oxygen atoms in total. The van der Waals surface area contributed by atoms with Gasteiger partial charge in [-0.05, 0) is 24.0 Å². The summed E-state index contributed by atoms with van der Waals surface area (Å²) in [6.45, 7) is 8.00. The Bertz CT molecular complexity index is 405. The summed E-state index contributed by atoms with van der Waals surface area (Å²) in [6.07, 6.45) is 1.62. The zero-order chi connectivity index (χ0) is 13.1. The summed E-state index contributed by atoms with van der Waals surface area (Å²) in [6, 6.07) is 5.50. The van der Waals surface area contributed by atoms with E-state index >= 15 is 0 Å². The second kappa shape index (κ2) is 5.32. The van der Waals surface area contributed by atoms with Crippen molar-refractivity contribution in [1.82, 2.24) is 0 Å². The first-order valence-electron chi connectivity index (χ1n) is 5.82. The van der Waals surface area contributed by atoms with Crippen molar-refractivity contribution in [3.8, 4) is 5.75 Å². The Hall–Kier alpha value is -1.35. The Labute approximate surface area is 103 Å². The van der Waals surface area contributed by atoms with Crippen LogP contribution in [-0.2, 0) is 5.41 Å². The number of aliphatic hydroxyl groups excluding tert-OH is 1. The monoisotopic (exact) mass is 235 g/mol. The van der Waals surface area contributed by atoms with Crippen LogP contribution < -0.4 is 0 Å². The number of benzene rings is 1. The minimum absolute atomic E-state index is 0.0101. The van der Waals surface area contributed by atoms with Gasteiger partial charge in [-0.25, -0.2) is 0 Å². The van der Waals surface area contributed by atoms with Gasteiger partial charge in [0.05, 0.1) is 12.6 Å². The Balaban J connectivity index is 3.07. The molecule has 0 aliphatic heterocycles. The summed E-state index contributed by atoms with van der Waals surface area (Å²) in [5.41, 5.74) is 1.49. The summed E-state index contributed by atoms with van der Waals surface area (Å²) in [5.74, 6) is 0.272. The van der Waals surface area contributed by atoms with Crippen molar-refractivity contribution in [1.29, 1.82) is 0 Å².